The van der Waals surface area contributed by atoms with Crippen molar-refractivity contribution in [1.29, 1.82) is 0 Å². The van der Waals surface area contributed by atoms with Crippen LogP contribution in [0, 0.1) is 6.92 Å². The SMILES string of the molecule is Cc1nc2ccccc2n1Cc1cc(C(=O)NCCCCCO)n[nH]1. The average Bonchev–Trinajstić information content (AvgIpc) is 3.20. The number of aliphatic hydroxyl groups is 1. The first-order valence-corrected chi connectivity index (χ1v) is 8.54. The molecular weight excluding hydrogens is 318 g/mol. The number of unbranched alkanes of at least 4 members (excludes halogenated alkanes) is 2. The first kappa shape index (κ1) is 17.2. The zero-order chi connectivity index (χ0) is 17.6. The summed E-state index contributed by atoms with van der Waals surface area (Å²) < 4.78 is 2.10. The van der Waals surface area contributed by atoms with E-state index in [1.54, 1.807) is 6.07 Å². The number of amides is 1. The Morgan fingerprint density at radius 3 is 2.96 bits per heavy atom. The van der Waals surface area contributed by atoms with Crippen molar-refractivity contribution in [2.75, 3.05) is 13.2 Å². The van der Waals surface area contributed by atoms with Gasteiger partial charge in [-0.15, -0.1) is 0 Å². The maximum Gasteiger partial charge on any atom is 0.271 e. The number of para-hydroxylation sites is 2. The Morgan fingerprint density at radius 1 is 1.28 bits per heavy atom. The van der Waals surface area contributed by atoms with Crippen LogP contribution in [-0.2, 0) is 6.54 Å². The van der Waals surface area contributed by atoms with Crippen LogP contribution in [0.4, 0.5) is 0 Å². The number of aliphatic hydroxyl groups excluding tert-OH is 1. The molecule has 25 heavy (non-hydrogen) atoms. The summed E-state index contributed by atoms with van der Waals surface area (Å²) in [7, 11) is 0. The molecule has 7 nitrogen and oxygen atoms in total. The van der Waals surface area contributed by atoms with Gasteiger partial charge in [-0.05, 0) is 44.4 Å². The van der Waals surface area contributed by atoms with Crippen molar-refractivity contribution in [3.63, 3.8) is 0 Å². The van der Waals surface area contributed by atoms with Crippen LogP contribution in [0.25, 0.3) is 11.0 Å². The summed E-state index contributed by atoms with van der Waals surface area (Å²) in [6.45, 7) is 3.34. The van der Waals surface area contributed by atoms with E-state index in [2.05, 4.69) is 25.1 Å². The van der Waals surface area contributed by atoms with E-state index in [4.69, 9.17) is 5.11 Å². The minimum Gasteiger partial charge on any atom is -0.396 e. The Kier molecular flexibility index (Phi) is 5.45. The molecular formula is C18H23N5O2. The van der Waals surface area contributed by atoms with Crippen molar-refractivity contribution < 1.29 is 9.90 Å². The van der Waals surface area contributed by atoms with E-state index in [-0.39, 0.29) is 12.5 Å². The predicted molar refractivity (Wildman–Crippen MR) is 95.4 cm³/mol. The standard InChI is InChI=1S/C18H23N5O2/c1-13-20-15-7-3-4-8-17(15)23(13)12-14-11-16(22-21-14)18(25)19-9-5-2-6-10-24/h3-4,7-8,11,24H,2,5-6,9-10,12H2,1H3,(H,19,25)(H,21,22). The topological polar surface area (TPSA) is 95.8 Å². The number of aromatic nitrogens is 4. The summed E-state index contributed by atoms with van der Waals surface area (Å²) in [6, 6.07) is 9.76. The third-order valence-corrected chi connectivity index (χ3v) is 4.16. The van der Waals surface area contributed by atoms with Crippen molar-refractivity contribution >= 4 is 16.9 Å². The van der Waals surface area contributed by atoms with Gasteiger partial charge in [0.05, 0.1) is 23.3 Å². The zero-order valence-corrected chi connectivity index (χ0v) is 14.3. The number of aryl methyl sites for hydroxylation is 1. The molecule has 0 aliphatic heterocycles. The third-order valence-electron chi connectivity index (χ3n) is 4.16. The maximum atomic E-state index is 12.1. The number of carbonyl (C=O) groups is 1. The Balaban J connectivity index is 1.63. The number of nitrogens with zero attached hydrogens (tertiary/aromatic N) is 3. The van der Waals surface area contributed by atoms with E-state index >= 15 is 0 Å². The monoisotopic (exact) mass is 341 g/mol. The number of hydrogen-bond acceptors (Lipinski definition) is 4. The highest BCUT2D eigenvalue weighted by molar-refractivity contribution is 5.92. The molecule has 0 spiro atoms. The summed E-state index contributed by atoms with van der Waals surface area (Å²) in [4.78, 5) is 16.7. The number of rotatable bonds is 8. The van der Waals surface area contributed by atoms with Crippen LogP contribution in [0.3, 0.4) is 0 Å². The summed E-state index contributed by atoms with van der Waals surface area (Å²) in [5, 5.41) is 18.6. The highest BCUT2D eigenvalue weighted by atomic mass is 16.2. The molecule has 3 rings (SSSR count). The van der Waals surface area contributed by atoms with Crippen LogP contribution >= 0.6 is 0 Å². The Labute approximate surface area is 146 Å². The zero-order valence-electron chi connectivity index (χ0n) is 14.3. The molecule has 0 fully saturated rings. The molecule has 3 N–H and O–H groups in total. The molecule has 2 aromatic heterocycles. The summed E-state index contributed by atoms with van der Waals surface area (Å²) in [5.74, 6) is 0.740. The van der Waals surface area contributed by atoms with Gasteiger partial charge in [0.25, 0.3) is 5.91 Å². The number of H-pyrrole nitrogens is 1. The summed E-state index contributed by atoms with van der Waals surface area (Å²) in [5.41, 5.74) is 3.26. The van der Waals surface area contributed by atoms with Gasteiger partial charge in [-0.1, -0.05) is 12.1 Å². The van der Waals surface area contributed by atoms with Crippen molar-refractivity contribution in [2.24, 2.45) is 0 Å². The van der Waals surface area contributed by atoms with Gasteiger partial charge in [-0.2, -0.15) is 5.10 Å². The lowest BCUT2D eigenvalue weighted by Gasteiger charge is -2.04. The number of hydrogen-bond donors (Lipinski definition) is 3. The Hall–Kier alpha value is -2.67. The van der Waals surface area contributed by atoms with Gasteiger partial charge in [-0.3, -0.25) is 9.89 Å². The van der Waals surface area contributed by atoms with Gasteiger partial charge in [-0.25, -0.2) is 4.98 Å². The lowest BCUT2D eigenvalue weighted by Crippen LogP contribution is -2.24. The van der Waals surface area contributed by atoms with Crippen LogP contribution < -0.4 is 5.32 Å². The van der Waals surface area contributed by atoms with E-state index in [0.29, 0.717) is 18.8 Å². The molecule has 0 unspecified atom stereocenters. The van der Waals surface area contributed by atoms with E-state index < -0.39 is 0 Å². The van der Waals surface area contributed by atoms with Crippen LogP contribution in [0.5, 0.6) is 0 Å². The smallest absolute Gasteiger partial charge is 0.271 e. The molecule has 0 bridgehead atoms. The van der Waals surface area contributed by atoms with Gasteiger partial charge >= 0.3 is 0 Å². The van der Waals surface area contributed by atoms with Crippen molar-refractivity contribution in [3.05, 3.63) is 47.5 Å². The van der Waals surface area contributed by atoms with E-state index in [1.807, 2.05) is 31.2 Å². The van der Waals surface area contributed by atoms with Gasteiger partial charge < -0.3 is 15.0 Å². The third kappa shape index (κ3) is 4.06. The number of nitrogens with one attached hydrogen (secondary N) is 2. The normalized spacial score (nSPS) is 11.1. The molecule has 0 aliphatic carbocycles. The molecule has 0 aliphatic rings. The quantitative estimate of drug-likeness (QED) is 0.546. The molecule has 0 radical (unpaired) electrons. The second-order valence-electron chi connectivity index (χ2n) is 6.05. The number of benzene rings is 1. The van der Waals surface area contributed by atoms with Crippen LogP contribution in [0.15, 0.2) is 30.3 Å². The van der Waals surface area contributed by atoms with Crippen molar-refractivity contribution in [2.45, 2.75) is 32.7 Å². The van der Waals surface area contributed by atoms with Crippen molar-refractivity contribution in [1.82, 2.24) is 25.1 Å². The molecule has 0 saturated carbocycles. The van der Waals surface area contributed by atoms with Gasteiger partial charge in [0.15, 0.2) is 0 Å². The number of fused-ring (bicyclic) bond motifs is 1. The Bertz CT molecular complexity index is 852. The molecule has 132 valence electrons. The fourth-order valence-corrected chi connectivity index (χ4v) is 2.83. The fraction of sp³-hybridized carbons (Fsp3) is 0.389. The molecule has 2 heterocycles. The number of imidazole rings is 1. The van der Waals surface area contributed by atoms with Gasteiger partial charge in [0, 0.05) is 13.2 Å². The second kappa shape index (κ2) is 7.94. The van der Waals surface area contributed by atoms with E-state index in [1.165, 1.54) is 0 Å². The molecule has 3 aromatic rings. The molecule has 0 saturated heterocycles. The Morgan fingerprint density at radius 2 is 2.12 bits per heavy atom. The number of aromatic amines is 1. The van der Waals surface area contributed by atoms with Gasteiger partial charge in [0.2, 0.25) is 0 Å². The van der Waals surface area contributed by atoms with Crippen LogP contribution in [0.2, 0.25) is 0 Å². The van der Waals surface area contributed by atoms with Crippen LogP contribution in [0.1, 0.15) is 41.3 Å². The first-order valence-electron chi connectivity index (χ1n) is 8.54. The molecule has 1 amide bonds. The van der Waals surface area contributed by atoms with E-state index in [0.717, 1.165) is 41.8 Å². The molecule has 1 aromatic carbocycles. The van der Waals surface area contributed by atoms with Gasteiger partial charge in [0.1, 0.15) is 11.5 Å². The highest BCUT2D eigenvalue weighted by Crippen LogP contribution is 2.17. The fourth-order valence-electron chi connectivity index (χ4n) is 2.83. The van der Waals surface area contributed by atoms with E-state index in [9.17, 15) is 4.79 Å². The molecule has 0 atom stereocenters. The molecule has 7 heteroatoms. The van der Waals surface area contributed by atoms with Crippen LogP contribution in [-0.4, -0.2) is 43.9 Å². The lowest BCUT2D eigenvalue weighted by atomic mass is 10.2. The lowest BCUT2D eigenvalue weighted by molar-refractivity contribution is 0.0948. The average molecular weight is 341 g/mol. The number of carbonyl (C=O) groups excluding carboxylic acids is 1. The van der Waals surface area contributed by atoms with Crippen molar-refractivity contribution in [3.8, 4) is 0 Å². The second-order valence-corrected chi connectivity index (χ2v) is 6.05. The summed E-state index contributed by atoms with van der Waals surface area (Å²) in [6.07, 6.45) is 2.51. The predicted octanol–water partition coefficient (Wildman–Crippen LogP) is 2.01. The largest absolute Gasteiger partial charge is 0.396 e. The minimum atomic E-state index is -0.182. The highest BCUT2D eigenvalue weighted by Gasteiger charge is 2.12. The first-order chi connectivity index (χ1) is 12.2. The maximum absolute atomic E-state index is 12.1. The minimum absolute atomic E-state index is 0.182. The summed E-state index contributed by atoms with van der Waals surface area (Å²) >= 11 is 0.